The quantitative estimate of drug-likeness (QED) is 0.0948. The van der Waals surface area contributed by atoms with Gasteiger partial charge in [-0.2, -0.15) is 8.42 Å². The molecule has 0 rings (SSSR count). The summed E-state index contributed by atoms with van der Waals surface area (Å²) < 4.78 is 45.6. The minimum absolute atomic E-state index is 0. The summed E-state index contributed by atoms with van der Waals surface area (Å²) in [6.07, 6.45) is 2.11. The van der Waals surface area contributed by atoms with Crippen molar-refractivity contribution in [2.75, 3.05) is 25.6 Å². The molecule has 0 spiro atoms. The maximum absolute atomic E-state index is 12.7. The molecule has 0 aliphatic carbocycles. The van der Waals surface area contributed by atoms with Crippen LogP contribution < -0.4 is 0 Å². The molecule has 0 aliphatic heterocycles. The summed E-state index contributed by atoms with van der Waals surface area (Å²) in [5, 5.41) is 0. The van der Waals surface area contributed by atoms with Gasteiger partial charge in [-0.3, -0.25) is 9.35 Å². The zero-order valence-electron chi connectivity index (χ0n) is 17.9. The summed E-state index contributed by atoms with van der Waals surface area (Å²) in [6.45, 7) is 11.0. The predicted octanol–water partition coefficient (Wildman–Crippen LogP) is 1.96. The Kier molecular flexibility index (Phi) is 16.1. The van der Waals surface area contributed by atoms with Crippen molar-refractivity contribution in [3.05, 3.63) is 24.3 Å². The first kappa shape index (κ1) is 32.0. The van der Waals surface area contributed by atoms with Crippen molar-refractivity contribution in [1.29, 1.82) is 0 Å². The van der Waals surface area contributed by atoms with E-state index in [0.717, 1.165) is 0 Å². The number of hydrogen-bond acceptors (Lipinski definition) is 8. The average molecular weight is 473 g/mol. The third-order valence-electron chi connectivity index (χ3n) is 4.30. The molecule has 0 bridgehead atoms. The second-order valence-corrected chi connectivity index (χ2v) is 8.76. The van der Waals surface area contributed by atoms with Crippen molar-refractivity contribution in [2.24, 2.45) is 5.41 Å². The van der Waals surface area contributed by atoms with Crippen molar-refractivity contribution in [3.8, 4) is 0 Å². The molecule has 0 heterocycles. The molecule has 31 heavy (non-hydrogen) atoms. The third kappa shape index (κ3) is 13.7. The summed E-state index contributed by atoms with van der Waals surface area (Å²) in [5.74, 6) is -2.34. The van der Waals surface area contributed by atoms with E-state index in [4.69, 9.17) is 18.8 Å². The number of rotatable bonds is 15. The number of carbonyl (C=O) groups is 3. The fraction of sp³-hybridized carbons (Fsp3) is 0.650. The van der Waals surface area contributed by atoms with Crippen LogP contribution >= 0.6 is 0 Å². The van der Waals surface area contributed by atoms with Crippen LogP contribution in [0.1, 0.15) is 52.9 Å². The van der Waals surface area contributed by atoms with Gasteiger partial charge < -0.3 is 14.2 Å². The van der Waals surface area contributed by atoms with Crippen molar-refractivity contribution in [3.63, 3.8) is 0 Å². The van der Waals surface area contributed by atoms with Gasteiger partial charge in [0.15, 0.2) is 0 Å². The van der Waals surface area contributed by atoms with Gasteiger partial charge in [0.2, 0.25) is 0 Å². The molecule has 0 aromatic heterocycles. The minimum atomic E-state index is -3.97. The third-order valence-corrected chi connectivity index (χ3v) is 5.10. The molecule has 0 unspecified atom stereocenters. The number of unbranched alkanes of at least 4 members (excludes halogenated alkanes) is 3. The molecule has 1 N–H and O–H groups in total. The van der Waals surface area contributed by atoms with Crippen LogP contribution in [0.2, 0.25) is 0 Å². The summed E-state index contributed by atoms with van der Waals surface area (Å²) >= 11 is 0. The zero-order valence-corrected chi connectivity index (χ0v) is 18.7. The summed E-state index contributed by atoms with van der Waals surface area (Å²) in [5.41, 5.74) is -1.05. The Balaban J connectivity index is 0. The van der Waals surface area contributed by atoms with Gasteiger partial charge in [0, 0.05) is 11.1 Å². The van der Waals surface area contributed by atoms with Gasteiger partial charge in [-0.1, -0.05) is 32.9 Å². The first-order chi connectivity index (χ1) is 13.8. The van der Waals surface area contributed by atoms with E-state index in [2.05, 4.69) is 13.2 Å². The molecular weight excluding hydrogens is 439 g/mol. The van der Waals surface area contributed by atoms with E-state index in [1.165, 1.54) is 13.8 Å². The van der Waals surface area contributed by atoms with Crippen molar-refractivity contribution in [1.82, 2.24) is 0 Å². The standard InChI is InChI=1S/C20H32O9S.Na.H/c1-6-20(13-28-17(21)15(2)3,14-29-18(22)16(4)5)19(23)27-11-9-7-8-10-12-30(24,25)26;;/h2,4,6-14H2,1,3,5H3,(H,24,25,26);;. The van der Waals surface area contributed by atoms with Gasteiger partial charge in [-0.05, 0) is 33.1 Å². The van der Waals surface area contributed by atoms with Gasteiger partial charge in [0.25, 0.3) is 10.1 Å². The Morgan fingerprint density at radius 3 is 1.71 bits per heavy atom. The predicted molar refractivity (Wildman–Crippen MR) is 117 cm³/mol. The van der Waals surface area contributed by atoms with Crippen LogP contribution in [0.25, 0.3) is 0 Å². The Hall–Kier alpha value is -1.20. The topological polar surface area (TPSA) is 133 Å². The normalized spacial score (nSPS) is 11.1. The molecule has 0 saturated heterocycles. The Morgan fingerprint density at radius 2 is 1.32 bits per heavy atom. The second kappa shape index (κ2) is 15.6. The summed E-state index contributed by atoms with van der Waals surface area (Å²) in [7, 11) is -3.97. The molecule has 0 aromatic rings. The van der Waals surface area contributed by atoms with E-state index >= 15 is 0 Å². The van der Waals surface area contributed by atoms with Crippen molar-refractivity contribution >= 4 is 57.6 Å². The Bertz CT molecular complexity index is 714. The molecule has 11 heteroatoms. The van der Waals surface area contributed by atoms with Crippen molar-refractivity contribution in [2.45, 2.75) is 52.9 Å². The molecule has 0 fully saturated rings. The number of carbonyl (C=O) groups excluding carboxylic acids is 3. The molecule has 0 aliphatic rings. The molecule has 0 radical (unpaired) electrons. The number of hydrogen-bond donors (Lipinski definition) is 1. The van der Waals surface area contributed by atoms with Crippen LogP contribution in [-0.4, -0.2) is 86.0 Å². The van der Waals surface area contributed by atoms with E-state index in [1.807, 2.05) is 0 Å². The second-order valence-electron chi connectivity index (χ2n) is 7.18. The molecule has 174 valence electrons. The van der Waals surface area contributed by atoms with E-state index in [-0.39, 0.29) is 72.7 Å². The molecular formula is C20H33NaO9S. The molecule has 0 amide bonds. The Morgan fingerprint density at radius 1 is 0.871 bits per heavy atom. The van der Waals surface area contributed by atoms with Crippen LogP contribution in [0.15, 0.2) is 24.3 Å². The average Bonchev–Trinajstić information content (AvgIpc) is 2.65. The van der Waals surface area contributed by atoms with Crippen LogP contribution in [0.5, 0.6) is 0 Å². The fourth-order valence-electron chi connectivity index (χ4n) is 2.22. The molecule has 9 nitrogen and oxygen atoms in total. The van der Waals surface area contributed by atoms with E-state index < -0.39 is 33.4 Å². The van der Waals surface area contributed by atoms with Gasteiger partial charge >= 0.3 is 47.5 Å². The first-order valence-electron chi connectivity index (χ1n) is 9.62. The summed E-state index contributed by atoms with van der Waals surface area (Å²) in [4.78, 5) is 36.2. The molecule has 0 aromatic carbocycles. The number of ether oxygens (including phenoxy) is 3. The van der Waals surface area contributed by atoms with Gasteiger partial charge in [0.1, 0.15) is 18.6 Å². The van der Waals surface area contributed by atoms with Crippen LogP contribution in [0.3, 0.4) is 0 Å². The van der Waals surface area contributed by atoms with Gasteiger partial charge in [-0.15, -0.1) is 0 Å². The maximum atomic E-state index is 12.7. The SMILES string of the molecule is C=C(C)C(=O)OCC(CC)(COC(=O)C(=C)C)C(=O)OCCCCCCS(=O)(=O)O.[NaH]. The van der Waals surface area contributed by atoms with Crippen LogP contribution in [0.4, 0.5) is 0 Å². The molecule has 0 saturated carbocycles. The van der Waals surface area contributed by atoms with Gasteiger partial charge in [0.05, 0.1) is 12.4 Å². The number of esters is 3. The Labute approximate surface area is 206 Å². The summed E-state index contributed by atoms with van der Waals surface area (Å²) in [6, 6.07) is 0. The zero-order chi connectivity index (χ0) is 23.4. The van der Waals surface area contributed by atoms with E-state index in [0.29, 0.717) is 25.7 Å². The van der Waals surface area contributed by atoms with Crippen LogP contribution in [-0.2, 0) is 38.7 Å². The van der Waals surface area contributed by atoms with Gasteiger partial charge in [-0.25, -0.2) is 9.59 Å². The fourth-order valence-corrected chi connectivity index (χ4v) is 2.79. The van der Waals surface area contributed by atoms with Crippen molar-refractivity contribution < 1.29 is 41.6 Å². The van der Waals surface area contributed by atoms with E-state index in [1.54, 1.807) is 6.92 Å². The molecule has 0 atom stereocenters. The van der Waals surface area contributed by atoms with Crippen LogP contribution in [0, 0.1) is 5.41 Å². The first-order valence-corrected chi connectivity index (χ1v) is 11.2. The van der Waals surface area contributed by atoms with E-state index in [9.17, 15) is 22.8 Å². The monoisotopic (exact) mass is 472 g/mol.